The third-order valence-corrected chi connectivity index (χ3v) is 5.72. The average Bonchev–Trinajstić information content (AvgIpc) is 3.49. The van der Waals surface area contributed by atoms with Crippen LogP contribution < -0.4 is 10.1 Å². The predicted octanol–water partition coefficient (Wildman–Crippen LogP) is 5.57. The van der Waals surface area contributed by atoms with Crippen molar-refractivity contribution < 1.29 is 14.1 Å². The van der Waals surface area contributed by atoms with Crippen LogP contribution >= 0.6 is 11.3 Å². The highest BCUT2D eigenvalue weighted by Crippen LogP contribution is 2.28. The van der Waals surface area contributed by atoms with Crippen LogP contribution in [0.4, 0.5) is 0 Å². The minimum Gasteiger partial charge on any atom is -0.494 e. The highest BCUT2D eigenvalue weighted by molar-refractivity contribution is 7.17. The number of hydrogen-bond donors (Lipinski definition) is 1. The van der Waals surface area contributed by atoms with Gasteiger partial charge in [0.25, 0.3) is 11.8 Å². The van der Waals surface area contributed by atoms with Crippen LogP contribution in [0.25, 0.3) is 22.2 Å². The van der Waals surface area contributed by atoms with Crippen molar-refractivity contribution >= 4 is 17.2 Å². The van der Waals surface area contributed by atoms with Crippen LogP contribution in [-0.4, -0.2) is 22.7 Å². The van der Waals surface area contributed by atoms with Gasteiger partial charge in [-0.25, -0.2) is 0 Å². The van der Waals surface area contributed by atoms with E-state index in [-0.39, 0.29) is 5.91 Å². The first kappa shape index (κ1) is 20.8. The molecule has 4 aromatic rings. The van der Waals surface area contributed by atoms with E-state index in [9.17, 15) is 4.79 Å². The normalized spacial score (nSPS) is 10.7. The number of ether oxygens (including phenoxy) is 1. The Morgan fingerprint density at radius 2 is 1.87 bits per heavy atom. The molecule has 0 aliphatic carbocycles. The molecule has 0 aliphatic heterocycles. The molecule has 0 unspecified atom stereocenters. The molecule has 0 saturated heterocycles. The van der Waals surface area contributed by atoms with Gasteiger partial charge in [-0.3, -0.25) is 4.79 Å². The number of hydrogen-bond acceptors (Lipinski definition) is 6. The first-order chi connectivity index (χ1) is 15.2. The summed E-state index contributed by atoms with van der Waals surface area (Å²) in [5.74, 6) is 1.64. The van der Waals surface area contributed by atoms with Gasteiger partial charge in [-0.15, -0.1) is 11.3 Å². The Hall–Kier alpha value is -3.45. The number of amides is 1. The number of thiophene rings is 1. The third-order valence-electron chi connectivity index (χ3n) is 4.64. The average molecular weight is 434 g/mol. The van der Waals surface area contributed by atoms with Crippen molar-refractivity contribution in [2.75, 3.05) is 6.61 Å². The summed E-state index contributed by atoms with van der Waals surface area (Å²) in [4.78, 5) is 18.4. The van der Waals surface area contributed by atoms with Crippen molar-refractivity contribution in [1.29, 1.82) is 0 Å². The zero-order valence-electron chi connectivity index (χ0n) is 17.2. The Balaban J connectivity index is 1.34. The second-order valence-electron chi connectivity index (χ2n) is 6.98. The zero-order valence-corrected chi connectivity index (χ0v) is 18.0. The standard InChI is InChI=1S/C24H23N3O3S/c1-2-3-15-29-19-11-9-17(10-12-19)16-25-23(28)21-14-13-20(31-21)22-26-24(30-27-22)18-7-5-4-6-8-18/h4-14H,2-3,15-16H2,1H3,(H,25,28). The number of unbranched alkanes of at least 4 members (excludes halogenated alkanes) is 1. The molecule has 2 aromatic heterocycles. The number of carbonyl (C=O) groups is 1. The van der Waals surface area contributed by atoms with Gasteiger partial charge >= 0.3 is 0 Å². The SMILES string of the molecule is CCCCOc1ccc(CNC(=O)c2ccc(-c3noc(-c4ccccc4)n3)s2)cc1. The van der Waals surface area contributed by atoms with E-state index >= 15 is 0 Å². The molecule has 4 rings (SSSR count). The van der Waals surface area contributed by atoms with Gasteiger partial charge in [0, 0.05) is 12.1 Å². The van der Waals surface area contributed by atoms with Gasteiger partial charge in [-0.1, -0.05) is 48.8 Å². The predicted molar refractivity (Wildman–Crippen MR) is 121 cm³/mol. The molecule has 0 fully saturated rings. The van der Waals surface area contributed by atoms with Crippen LogP contribution in [0.2, 0.25) is 0 Å². The molecule has 158 valence electrons. The maximum absolute atomic E-state index is 12.5. The van der Waals surface area contributed by atoms with E-state index in [0.29, 0.717) is 23.1 Å². The largest absolute Gasteiger partial charge is 0.494 e. The monoisotopic (exact) mass is 433 g/mol. The zero-order chi connectivity index (χ0) is 21.5. The fourth-order valence-corrected chi connectivity index (χ4v) is 3.76. The maximum atomic E-state index is 12.5. The van der Waals surface area contributed by atoms with Crippen LogP contribution in [0.15, 0.2) is 71.3 Å². The van der Waals surface area contributed by atoms with Gasteiger partial charge in [-0.2, -0.15) is 4.98 Å². The molecule has 7 heteroatoms. The number of carbonyl (C=O) groups excluding carboxylic acids is 1. The van der Waals surface area contributed by atoms with E-state index in [1.54, 1.807) is 6.07 Å². The molecule has 1 N–H and O–H groups in total. The molecule has 2 aromatic carbocycles. The quantitative estimate of drug-likeness (QED) is 0.349. The lowest BCUT2D eigenvalue weighted by Gasteiger charge is -2.07. The molecule has 1 amide bonds. The van der Waals surface area contributed by atoms with Gasteiger partial charge in [0.2, 0.25) is 5.82 Å². The summed E-state index contributed by atoms with van der Waals surface area (Å²) in [6.45, 7) is 3.30. The maximum Gasteiger partial charge on any atom is 0.261 e. The molecule has 2 heterocycles. The fourth-order valence-electron chi connectivity index (χ4n) is 2.91. The van der Waals surface area contributed by atoms with Crippen molar-refractivity contribution in [2.45, 2.75) is 26.3 Å². The van der Waals surface area contributed by atoms with Crippen LogP contribution in [0.1, 0.15) is 35.0 Å². The summed E-state index contributed by atoms with van der Waals surface area (Å²) < 4.78 is 11.0. The molecular weight excluding hydrogens is 410 g/mol. The van der Waals surface area contributed by atoms with Crippen LogP contribution in [0.5, 0.6) is 5.75 Å². The molecule has 0 aliphatic rings. The lowest BCUT2D eigenvalue weighted by atomic mass is 10.2. The van der Waals surface area contributed by atoms with Gasteiger partial charge < -0.3 is 14.6 Å². The third kappa shape index (κ3) is 5.38. The number of nitrogens with zero attached hydrogens (tertiary/aromatic N) is 2. The summed E-state index contributed by atoms with van der Waals surface area (Å²) in [7, 11) is 0. The molecule has 0 atom stereocenters. The van der Waals surface area contributed by atoms with E-state index in [2.05, 4.69) is 22.4 Å². The van der Waals surface area contributed by atoms with E-state index in [4.69, 9.17) is 9.26 Å². The molecule has 0 saturated carbocycles. The second kappa shape index (κ2) is 10.0. The Morgan fingerprint density at radius 3 is 2.65 bits per heavy atom. The first-order valence-corrected chi connectivity index (χ1v) is 11.0. The van der Waals surface area contributed by atoms with Crippen molar-refractivity contribution in [3.05, 3.63) is 77.2 Å². The van der Waals surface area contributed by atoms with E-state index in [1.165, 1.54) is 11.3 Å². The first-order valence-electron chi connectivity index (χ1n) is 10.2. The molecule has 6 nitrogen and oxygen atoms in total. The number of benzene rings is 2. The van der Waals surface area contributed by atoms with Crippen LogP contribution in [-0.2, 0) is 6.54 Å². The Kier molecular flexibility index (Phi) is 6.74. The Labute approximate surface area is 184 Å². The van der Waals surface area contributed by atoms with Crippen LogP contribution in [0.3, 0.4) is 0 Å². The lowest BCUT2D eigenvalue weighted by molar-refractivity contribution is 0.0955. The minimum atomic E-state index is -0.133. The van der Waals surface area contributed by atoms with E-state index in [1.807, 2.05) is 60.7 Å². The highest BCUT2D eigenvalue weighted by atomic mass is 32.1. The van der Waals surface area contributed by atoms with E-state index in [0.717, 1.165) is 41.2 Å². The van der Waals surface area contributed by atoms with Gasteiger partial charge in [0.1, 0.15) is 5.75 Å². The smallest absolute Gasteiger partial charge is 0.261 e. The summed E-state index contributed by atoms with van der Waals surface area (Å²) in [5.41, 5.74) is 1.87. The molecule has 0 spiro atoms. The highest BCUT2D eigenvalue weighted by Gasteiger charge is 2.15. The Morgan fingerprint density at radius 1 is 1.06 bits per heavy atom. The summed E-state index contributed by atoms with van der Waals surface area (Å²) in [6.07, 6.45) is 2.15. The summed E-state index contributed by atoms with van der Waals surface area (Å²) >= 11 is 1.33. The number of rotatable bonds is 9. The number of nitrogens with one attached hydrogen (secondary N) is 1. The second-order valence-corrected chi connectivity index (χ2v) is 8.07. The summed E-state index contributed by atoms with van der Waals surface area (Å²) in [6, 6.07) is 21.0. The molecule has 0 bridgehead atoms. The van der Waals surface area contributed by atoms with E-state index < -0.39 is 0 Å². The number of aromatic nitrogens is 2. The van der Waals surface area contributed by atoms with Crippen molar-refractivity contribution in [3.63, 3.8) is 0 Å². The van der Waals surface area contributed by atoms with Crippen LogP contribution in [0, 0.1) is 0 Å². The van der Waals surface area contributed by atoms with Gasteiger partial charge in [-0.05, 0) is 48.4 Å². The fraction of sp³-hybridized carbons (Fsp3) is 0.208. The molecule has 31 heavy (non-hydrogen) atoms. The minimum absolute atomic E-state index is 0.133. The van der Waals surface area contributed by atoms with Crippen molar-refractivity contribution in [2.24, 2.45) is 0 Å². The van der Waals surface area contributed by atoms with Gasteiger partial charge in [0.05, 0.1) is 16.4 Å². The van der Waals surface area contributed by atoms with Crippen molar-refractivity contribution in [1.82, 2.24) is 15.5 Å². The topological polar surface area (TPSA) is 77.2 Å². The lowest BCUT2D eigenvalue weighted by Crippen LogP contribution is -2.21. The Bertz CT molecular complexity index is 1120. The summed E-state index contributed by atoms with van der Waals surface area (Å²) in [5, 5.41) is 6.99. The molecular formula is C24H23N3O3S. The van der Waals surface area contributed by atoms with Crippen molar-refractivity contribution in [3.8, 4) is 27.9 Å². The van der Waals surface area contributed by atoms with Gasteiger partial charge in [0.15, 0.2) is 0 Å². The molecule has 0 radical (unpaired) electrons.